The van der Waals surface area contributed by atoms with Crippen LogP contribution in [-0.4, -0.2) is 63.2 Å². The summed E-state index contributed by atoms with van der Waals surface area (Å²) in [6.45, 7) is 4.23. The second kappa shape index (κ2) is 13.2. The van der Waals surface area contributed by atoms with Crippen LogP contribution < -0.4 is 10.6 Å². The first-order valence-electron chi connectivity index (χ1n) is 9.35. The highest BCUT2D eigenvalue weighted by Crippen LogP contribution is 2.17. The van der Waals surface area contributed by atoms with Crippen LogP contribution in [-0.2, 0) is 4.74 Å². The highest BCUT2D eigenvalue weighted by atomic mass is 127. The van der Waals surface area contributed by atoms with Gasteiger partial charge < -0.3 is 15.4 Å². The van der Waals surface area contributed by atoms with Crippen LogP contribution in [0, 0.1) is 5.82 Å². The minimum absolute atomic E-state index is 0. The molecule has 0 aromatic heterocycles. The second-order valence-corrected chi connectivity index (χ2v) is 6.61. The van der Waals surface area contributed by atoms with E-state index in [4.69, 9.17) is 4.74 Å². The summed E-state index contributed by atoms with van der Waals surface area (Å²) in [5.74, 6) is 0.388. The summed E-state index contributed by atoms with van der Waals surface area (Å²) in [6, 6.07) is 6.39. The molecular formula is C19H30F3IN4O. The van der Waals surface area contributed by atoms with Crippen LogP contribution in [0.15, 0.2) is 29.3 Å². The zero-order valence-corrected chi connectivity index (χ0v) is 18.7. The van der Waals surface area contributed by atoms with E-state index in [1.165, 1.54) is 12.1 Å². The number of hydrogen-bond donors (Lipinski definition) is 2. The first-order valence-corrected chi connectivity index (χ1v) is 9.35. The standard InChI is InChI=1S/C19H29F3N4O.HI/c1-3-23-19(25-16-8-10-26(11-9-16)13-18(21)22)24-12-17(27-2)14-4-6-15(20)7-5-14;/h4-7,16-18H,3,8-13H2,1-2H3,(H2,23,24,25);1H. The zero-order valence-electron chi connectivity index (χ0n) is 16.3. The first kappa shape index (κ1) is 25.0. The van der Waals surface area contributed by atoms with Gasteiger partial charge in [-0.2, -0.15) is 0 Å². The van der Waals surface area contributed by atoms with Gasteiger partial charge in [0, 0.05) is 32.8 Å². The third-order valence-electron chi connectivity index (χ3n) is 4.61. The van der Waals surface area contributed by atoms with Crippen molar-refractivity contribution in [2.45, 2.75) is 38.3 Å². The molecule has 2 N–H and O–H groups in total. The molecular weight excluding hydrogens is 484 g/mol. The topological polar surface area (TPSA) is 48.9 Å². The number of methoxy groups -OCH3 is 1. The maximum Gasteiger partial charge on any atom is 0.251 e. The van der Waals surface area contributed by atoms with Crippen LogP contribution in [0.3, 0.4) is 0 Å². The molecule has 1 heterocycles. The lowest BCUT2D eigenvalue weighted by Crippen LogP contribution is -2.49. The van der Waals surface area contributed by atoms with Crippen molar-refractivity contribution in [1.82, 2.24) is 15.5 Å². The molecule has 28 heavy (non-hydrogen) atoms. The van der Waals surface area contributed by atoms with E-state index in [-0.39, 0.29) is 48.5 Å². The van der Waals surface area contributed by atoms with E-state index in [9.17, 15) is 13.2 Å². The van der Waals surface area contributed by atoms with Gasteiger partial charge in [-0.25, -0.2) is 13.2 Å². The number of benzene rings is 1. The summed E-state index contributed by atoms with van der Waals surface area (Å²) < 4.78 is 43.5. The molecule has 1 aromatic rings. The molecule has 1 aromatic carbocycles. The molecule has 1 fully saturated rings. The number of piperidine rings is 1. The summed E-state index contributed by atoms with van der Waals surface area (Å²) in [6.07, 6.45) is -0.967. The van der Waals surface area contributed by atoms with Crippen LogP contribution in [0.2, 0.25) is 0 Å². The summed E-state index contributed by atoms with van der Waals surface area (Å²) >= 11 is 0. The fourth-order valence-corrected chi connectivity index (χ4v) is 3.14. The number of guanidine groups is 1. The summed E-state index contributed by atoms with van der Waals surface area (Å²) in [4.78, 5) is 6.38. The number of likely N-dealkylation sites (tertiary alicyclic amines) is 1. The van der Waals surface area contributed by atoms with Gasteiger partial charge in [0.1, 0.15) is 11.9 Å². The summed E-state index contributed by atoms with van der Waals surface area (Å²) in [5, 5.41) is 6.58. The highest BCUT2D eigenvalue weighted by molar-refractivity contribution is 14.0. The van der Waals surface area contributed by atoms with Crippen molar-refractivity contribution in [3.63, 3.8) is 0 Å². The molecule has 1 aliphatic rings. The molecule has 1 unspecified atom stereocenters. The van der Waals surface area contributed by atoms with Gasteiger partial charge in [-0.3, -0.25) is 9.89 Å². The Morgan fingerprint density at radius 3 is 2.43 bits per heavy atom. The number of hydrogen-bond acceptors (Lipinski definition) is 3. The zero-order chi connectivity index (χ0) is 19.6. The largest absolute Gasteiger partial charge is 0.375 e. The van der Waals surface area contributed by atoms with Gasteiger partial charge in [0.25, 0.3) is 6.43 Å². The molecule has 5 nitrogen and oxygen atoms in total. The van der Waals surface area contributed by atoms with Gasteiger partial charge in [-0.05, 0) is 37.5 Å². The number of ether oxygens (including phenoxy) is 1. The molecule has 0 aliphatic carbocycles. The Hall–Kier alpha value is -1.07. The molecule has 1 atom stereocenters. The number of nitrogens with zero attached hydrogens (tertiary/aromatic N) is 2. The van der Waals surface area contributed by atoms with Crippen molar-refractivity contribution in [3.05, 3.63) is 35.6 Å². The Morgan fingerprint density at radius 2 is 1.89 bits per heavy atom. The van der Waals surface area contributed by atoms with E-state index >= 15 is 0 Å². The smallest absolute Gasteiger partial charge is 0.251 e. The van der Waals surface area contributed by atoms with Crippen LogP contribution in [0.1, 0.15) is 31.4 Å². The van der Waals surface area contributed by atoms with Crippen LogP contribution in [0.5, 0.6) is 0 Å². The average Bonchev–Trinajstić information content (AvgIpc) is 2.65. The lowest BCUT2D eigenvalue weighted by Gasteiger charge is -2.32. The second-order valence-electron chi connectivity index (χ2n) is 6.61. The molecule has 0 radical (unpaired) electrons. The molecule has 1 saturated heterocycles. The summed E-state index contributed by atoms with van der Waals surface area (Å²) in [7, 11) is 1.60. The molecule has 0 bridgehead atoms. The Morgan fingerprint density at radius 1 is 1.25 bits per heavy atom. The molecule has 0 saturated carbocycles. The number of nitrogens with one attached hydrogen (secondary N) is 2. The third kappa shape index (κ3) is 8.52. The van der Waals surface area contributed by atoms with E-state index in [0.29, 0.717) is 32.1 Å². The van der Waals surface area contributed by atoms with Crippen molar-refractivity contribution in [1.29, 1.82) is 0 Å². The fraction of sp³-hybridized carbons (Fsp3) is 0.632. The SMILES string of the molecule is CCNC(=NCC(OC)c1ccc(F)cc1)NC1CCN(CC(F)F)CC1.I. The van der Waals surface area contributed by atoms with Crippen molar-refractivity contribution < 1.29 is 17.9 Å². The van der Waals surface area contributed by atoms with E-state index in [1.807, 2.05) is 6.92 Å². The maximum absolute atomic E-state index is 13.1. The monoisotopic (exact) mass is 514 g/mol. The summed E-state index contributed by atoms with van der Waals surface area (Å²) in [5.41, 5.74) is 0.860. The van der Waals surface area contributed by atoms with Crippen molar-refractivity contribution >= 4 is 29.9 Å². The Balaban J connectivity index is 0.00000392. The highest BCUT2D eigenvalue weighted by Gasteiger charge is 2.22. The van der Waals surface area contributed by atoms with Gasteiger partial charge in [0.15, 0.2) is 5.96 Å². The lowest BCUT2D eigenvalue weighted by atomic mass is 10.1. The Kier molecular flexibility index (Phi) is 11.8. The third-order valence-corrected chi connectivity index (χ3v) is 4.61. The van der Waals surface area contributed by atoms with Gasteiger partial charge in [-0.15, -0.1) is 24.0 Å². The van der Waals surface area contributed by atoms with E-state index < -0.39 is 6.43 Å². The Bertz CT molecular complexity index is 581. The van der Waals surface area contributed by atoms with Crippen LogP contribution in [0.25, 0.3) is 0 Å². The van der Waals surface area contributed by atoms with Crippen LogP contribution >= 0.6 is 24.0 Å². The predicted octanol–water partition coefficient (Wildman–Crippen LogP) is 3.42. The quantitative estimate of drug-likeness (QED) is 0.317. The number of rotatable bonds is 8. The number of aliphatic imine (C=N–C) groups is 1. The van der Waals surface area contributed by atoms with E-state index in [0.717, 1.165) is 18.4 Å². The minimum Gasteiger partial charge on any atom is -0.375 e. The van der Waals surface area contributed by atoms with Gasteiger partial charge in [-0.1, -0.05) is 12.1 Å². The number of alkyl halides is 2. The van der Waals surface area contributed by atoms with E-state index in [2.05, 4.69) is 15.6 Å². The van der Waals surface area contributed by atoms with Crippen molar-refractivity contribution in [2.75, 3.05) is 39.8 Å². The van der Waals surface area contributed by atoms with E-state index in [1.54, 1.807) is 24.1 Å². The lowest BCUT2D eigenvalue weighted by molar-refractivity contribution is 0.0744. The molecule has 1 aliphatic heterocycles. The molecule has 2 rings (SSSR count). The molecule has 0 spiro atoms. The average molecular weight is 514 g/mol. The molecule has 160 valence electrons. The minimum atomic E-state index is -2.29. The Labute approximate surface area is 182 Å². The van der Waals surface area contributed by atoms with Gasteiger partial charge >= 0.3 is 0 Å². The van der Waals surface area contributed by atoms with Crippen molar-refractivity contribution in [2.24, 2.45) is 4.99 Å². The normalized spacial score (nSPS) is 17.3. The first-order chi connectivity index (χ1) is 13.0. The molecule has 0 amide bonds. The maximum atomic E-state index is 13.1. The number of halogens is 4. The van der Waals surface area contributed by atoms with Crippen LogP contribution in [0.4, 0.5) is 13.2 Å². The van der Waals surface area contributed by atoms with Gasteiger partial charge in [0.05, 0.1) is 13.1 Å². The predicted molar refractivity (Wildman–Crippen MR) is 116 cm³/mol. The van der Waals surface area contributed by atoms with Crippen molar-refractivity contribution in [3.8, 4) is 0 Å². The molecule has 9 heteroatoms. The van der Waals surface area contributed by atoms with Gasteiger partial charge in [0.2, 0.25) is 0 Å². The fourth-order valence-electron chi connectivity index (χ4n) is 3.14.